The van der Waals surface area contributed by atoms with Crippen LogP contribution in [0.5, 0.6) is 17.4 Å². The number of anilines is 2. The predicted molar refractivity (Wildman–Crippen MR) is 124 cm³/mol. The van der Waals surface area contributed by atoms with Gasteiger partial charge in [-0.2, -0.15) is 5.10 Å². The van der Waals surface area contributed by atoms with E-state index in [0.29, 0.717) is 30.7 Å². The molecule has 167 valence electrons. The minimum atomic E-state index is 0.360. The van der Waals surface area contributed by atoms with Gasteiger partial charge in [0.1, 0.15) is 6.61 Å². The van der Waals surface area contributed by atoms with Crippen LogP contribution in [0.25, 0.3) is 0 Å². The van der Waals surface area contributed by atoms with Crippen LogP contribution in [0.1, 0.15) is 22.5 Å². The number of ether oxygens (including phenoxy) is 3. The summed E-state index contributed by atoms with van der Waals surface area (Å²) in [6.07, 6.45) is 5.84. The highest BCUT2D eigenvalue weighted by Crippen LogP contribution is 2.37. The number of nitrogens with zero attached hydrogens (tertiary/aromatic N) is 5. The fourth-order valence-electron chi connectivity index (χ4n) is 3.81. The van der Waals surface area contributed by atoms with Crippen molar-refractivity contribution in [2.24, 2.45) is 7.05 Å². The standard InChI is InChI=1S/C24H28N5O3/c1-16-11-21(30-5)22(32-14-19-7-8-23(31-6)25-13-19)12-20(16)28-9-10-29(15-28)24-17(2)26-27(4)18(24)3/h7-13H,1,14-15H2,2-6H3. The van der Waals surface area contributed by atoms with E-state index >= 15 is 0 Å². The van der Waals surface area contributed by atoms with Crippen molar-refractivity contribution in [3.63, 3.8) is 0 Å². The summed E-state index contributed by atoms with van der Waals surface area (Å²) in [5, 5.41) is 4.53. The highest BCUT2D eigenvalue weighted by atomic mass is 16.5. The summed E-state index contributed by atoms with van der Waals surface area (Å²) >= 11 is 0. The SMILES string of the molecule is [CH2]c1cc(OC)c(OCc2ccc(OC)nc2)cc1N1C=CN(c2c(C)nn(C)c2C)C1. The first-order chi connectivity index (χ1) is 15.4. The van der Waals surface area contributed by atoms with Gasteiger partial charge in [-0.1, -0.05) is 0 Å². The largest absolute Gasteiger partial charge is 0.493 e. The number of hydrogen-bond donors (Lipinski definition) is 0. The molecule has 1 aliphatic heterocycles. The summed E-state index contributed by atoms with van der Waals surface area (Å²) in [6, 6.07) is 7.60. The molecule has 8 nitrogen and oxygen atoms in total. The predicted octanol–water partition coefficient (Wildman–Crippen LogP) is 3.97. The first kappa shape index (κ1) is 21.5. The summed E-state index contributed by atoms with van der Waals surface area (Å²) in [5.41, 5.74) is 5.98. The van der Waals surface area contributed by atoms with Gasteiger partial charge in [0.2, 0.25) is 5.88 Å². The fourth-order valence-corrected chi connectivity index (χ4v) is 3.81. The average molecular weight is 435 g/mol. The minimum absolute atomic E-state index is 0.360. The van der Waals surface area contributed by atoms with Crippen LogP contribution in [0.3, 0.4) is 0 Å². The topological polar surface area (TPSA) is 64.9 Å². The average Bonchev–Trinajstić information content (AvgIpc) is 3.36. The number of rotatable bonds is 7. The van der Waals surface area contributed by atoms with Crippen molar-refractivity contribution < 1.29 is 14.2 Å². The van der Waals surface area contributed by atoms with Crippen molar-refractivity contribution >= 4 is 11.4 Å². The number of pyridine rings is 1. The molecule has 0 aliphatic carbocycles. The Morgan fingerprint density at radius 1 is 1.03 bits per heavy atom. The van der Waals surface area contributed by atoms with E-state index in [0.717, 1.165) is 33.9 Å². The quantitative estimate of drug-likeness (QED) is 0.558. The zero-order valence-corrected chi connectivity index (χ0v) is 19.1. The summed E-state index contributed by atoms with van der Waals surface area (Å²) in [6.45, 7) is 9.34. The van der Waals surface area contributed by atoms with Crippen molar-refractivity contribution in [3.8, 4) is 17.4 Å². The van der Waals surface area contributed by atoms with Crippen LogP contribution >= 0.6 is 0 Å². The third kappa shape index (κ3) is 4.08. The van der Waals surface area contributed by atoms with Crippen molar-refractivity contribution in [3.05, 3.63) is 72.3 Å². The van der Waals surface area contributed by atoms with E-state index in [4.69, 9.17) is 14.2 Å². The van der Waals surface area contributed by atoms with Crippen LogP contribution in [-0.2, 0) is 13.7 Å². The van der Waals surface area contributed by atoms with Crippen LogP contribution in [-0.4, -0.2) is 35.7 Å². The van der Waals surface area contributed by atoms with Gasteiger partial charge in [-0.05, 0) is 38.5 Å². The molecule has 0 unspecified atom stereocenters. The molecule has 32 heavy (non-hydrogen) atoms. The van der Waals surface area contributed by atoms with Gasteiger partial charge in [-0.25, -0.2) is 4.98 Å². The second-order valence-electron chi connectivity index (χ2n) is 7.65. The molecule has 0 N–H and O–H groups in total. The summed E-state index contributed by atoms with van der Waals surface area (Å²) in [7, 11) is 5.18. The lowest BCUT2D eigenvalue weighted by molar-refractivity contribution is 0.284. The third-order valence-corrected chi connectivity index (χ3v) is 5.56. The van der Waals surface area contributed by atoms with Gasteiger partial charge in [0.05, 0.1) is 38.0 Å². The Balaban J connectivity index is 1.55. The van der Waals surface area contributed by atoms with Crippen LogP contribution in [0.2, 0.25) is 0 Å². The molecule has 2 aromatic heterocycles. The van der Waals surface area contributed by atoms with Gasteiger partial charge in [0.25, 0.3) is 0 Å². The molecule has 3 aromatic rings. The highest BCUT2D eigenvalue weighted by Gasteiger charge is 2.23. The smallest absolute Gasteiger partial charge is 0.212 e. The minimum Gasteiger partial charge on any atom is -0.493 e. The molecule has 0 atom stereocenters. The van der Waals surface area contributed by atoms with Gasteiger partial charge in [0.15, 0.2) is 11.5 Å². The molecule has 1 aliphatic rings. The molecule has 1 radical (unpaired) electrons. The van der Waals surface area contributed by atoms with E-state index in [1.807, 2.05) is 49.1 Å². The maximum atomic E-state index is 6.08. The van der Waals surface area contributed by atoms with E-state index < -0.39 is 0 Å². The molecule has 0 amide bonds. The van der Waals surface area contributed by atoms with Crippen molar-refractivity contribution in [1.29, 1.82) is 0 Å². The molecule has 0 saturated heterocycles. The lowest BCUT2D eigenvalue weighted by atomic mass is 10.1. The van der Waals surface area contributed by atoms with E-state index in [2.05, 4.69) is 39.9 Å². The first-order valence-corrected chi connectivity index (χ1v) is 10.3. The molecule has 4 rings (SSSR count). The van der Waals surface area contributed by atoms with Crippen LogP contribution < -0.4 is 24.0 Å². The number of methoxy groups -OCH3 is 2. The van der Waals surface area contributed by atoms with Crippen LogP contribution in [0.15, 0.2) is 42.9 Å². The number of benzene rings is 1. The molecular formula is C24H28N5O3. The zero-order chi connectivity index (χ0) is 22.8. The summed E-state index contributed by atoms with van der Waals surface area (Å²) < 4.78 is 18.6. The molecule has 0 saturated carbocycles. The molecule has 3 heterocycles. The van der Waals surface area contributed by atoms with E-state index in [-0.39, 0.29) is 0 Å². The second-order valence-corrected chi connectivity index (χ2v) is 7.65. The van der Waals surface area contributed by atoms with Gasteiger partial charge >= 0.3 is 0 Å². The molecule has 0 bridgehead atoms. The van der Waals surface area contributed by atoms with Gasteiger partial charge in [0, 0.05) is 49.0 Å². The Morgan fingerprint density at radius 3 is 2.44 bits per heavy atom. The van der Waals surface area contributed by atoms with Gasteiger partial charge in [-0.15, -0.1) is 0 Å². The molecule has 1 aromatic carbocycles. The van der Waals surface area contributed by atoms with Crippen molar-refractivity contribution in [2.45, 2.75) is 20.5 Å². The Bertz CT molecular complexity index is 1140. The number of aryl methyl sites for hydroxylation is 2. The lowest BCUT2D eigenvalue weighted by Gasteiger charge is -2.24. The van der Waals surface area contributed by atoms with Crippen LogP contribution in [0.4, 0.5) is 11.4 Å². The maximum Gasteiger partial charge on any atom is 0.212 e. The van der Waals surface area contributed by atoms with Gasteiger partial charge < -0.3 is 24.0 Å². The molecule has 8 heteroatoms. The zero-order valence-electron chi connectivity index (χ0n) is 19.1. The second kappa shape index (κ2) is 8.82. The fraction of sp³-hybridized carbons (Fsp3) is 0.292. The van der Waals surface area contributed by atoms with E-state index in [1.54, 1.807) is 20.4 Å². The van der Waals surface area contributed by atoms with Crippen molar-refractivity contribution in [1.82, 2.24) is 14.8 Å². The molecule has 0 spiro atoms. The first-order valence-electron chi connectivity index (χ1n) is 10.3. The Kier molecular flexibility index (Phi) is 5.94. The Labute approximate surface area is 188 Å². The van der Waals surface area contributed by atoms with Crippen LogP contribution in [0, 0.1) is 20.8 Å². The summed E-state index contributed by atoms with van der Waals surface area (Å²) in [4.78, 5) is 8.55. The van der Waals surface area contributed by atoms with E-state index in [9.17, 15) is 0 Å². The number of hydrogen-bond acceptors (Lipinski definition) is 7. The maximum absolute atomic E-state index is 6.08. The van der Waals surface area contributed by atoms with E-state index in [1.165, 1.54) is 0 Å². The monoisotopic (exact) mass is 434 g/mol. The number of aromatic nitrogens is 3. The normalized spacial score (nSPS) is 13.1. The summed E-state index contributed by atoms with van der Waals surface area (Å²) in [5.74, 6) is 1.85. The molecule has 0 fully saturated rings. The highest BCUT2D eigenvalue weighted by molar-refractivity contribution is 5.68. The Hall–Kier alpha value is -3.68. The van der Waals surface area contributed by atoms with Crippen molar-refractivity contribution in [2.75, 3.05) is 30.7 Å². The third-order valence-electron chi connectivity index (χ3n) is 5.56. The lowest BCUT2D eigenvalue weighted by Crippen LogP contribution is -2.26. The molecular weight excluding hydrogens is 406 g/mol. The van der Waals surface area contributed by atoms with Gasteiger partial charge in [-0.3, -0.25) is 4.68 Å². The Morgan fingerprint density at radius 2 is 1.81 bits per heavy atom.